The quantitative estimate of drug-likeness (QED) is 0.809. The van der Waals surface area contributed by atoms with Gasteiger partial charge in [0.25, 0.3) is 0 Å². The Bertz CT molecular complexity index is 696. The third-order valence-corrected chi connectivity index (χ3v) is 3.41. The first-order valence-electron chi connectivity index (χ1n) is 8.02. The maximum absolute atomic E-state index is 11.7. The Morgan fingerprint density at radius 3 is 2.61 bits per heavy atom. The first kappa shape index (κ1) is 7.67. The molecule has 18 heavy (non-hydrogen) atoms. The maximum Gasteiger partial charge on any atom is 0.347 e. The van der Waals surface area contributed by atoms with E-state index in [0.717, 1.165) is 0 Å². The van der Waals surface area contributed by atoms with Gasteiger partial charge in [-0.25, -0.2) is 4.79 Å². The first-order chi connectivity index (χ1) is 10.3. The second-order valence-electron chi connectivity index (χ2n) is 4.47. The van der Waals surface area contributed by atoms with Crippen LogP contribution in [0, 0.1) is 20.8 Å². The van der Waals surface area contributed by atoms with Crippen LogP contribution in [0.15, 0.2) is 0 Å². The summed E-state index contributed by atoms with van der Waals surface area (Å²) in [5, 5.41) is 19.6. The molecule has 1 aromatic carbocycles. The van der Waals surface area contributed by atoms with E-state index in [1.165, 1.54) is 0 Å². The summed E-state index contributed by atoms with van der Waals surface area (Å²) in [5.41, 5.74) is -1.52. The first-order valence-corrected chi connectivity index (χ1v) is 5.52. The summed E-state index contributed by atoms with van der Waals surface area (Å²) in [6.45, 7) is 1.51. The third kappa shape index (κ3) is 1.64. The zero-order valence-electron chi connectivity index (χ0n) is 15.4. The Kier molecular flexibility index (Phi) is 1.66. The van der Waals surface area contributed by atoms with E-state index in [1.807, 2.05) is 0 Å². The van der Waals surface area contributed by atoms with E-state index in [1.54, 1.807) is 20.8 Å². The number of phenols is 1. The largest absolute Gasteiger partial charge is 0.507 e. The molecule has 1 atom stereocenters. The van der Waals surface area contributed by atoms with Gasteiger partial charge in [0.2, 0.25) is 5.60 Å². The van der Waals surface area contributed by atoms with Crippen molar-refractivity contribution in [1.82, 2.24) is 0 Å². The van der Waals surface area contributed by atoms with Crippen molar-refractivity contribution in [3.63, 3.8) is 0 Å². The molecule has 0 aliphatic carbocycles. The summed E-state index contributed by atoms with van der Waals surface area (Å²) in [6.07, 6.45) is -3.16. The molecule has 4 heteroatoms. The number of carboxylic acids is 1. The van der Waals surface area contributed by atoms with Crippen LogP contribution in [-0.2, 0) is 11.2 Å². The second-order valence-corrected chi connectivity index (χ2v) is 4.47. The fraction of sp³-hybridized carbons (Fsp3) is 0.500. The molecule has 2 rings (SSSR count). The van der Waals surface area contributed by atoms with E-state index >= 15 is 0 Å². The average molecular weight is 255 g/mol. The number of carbonyl (C=O) groups is 1. The highest BCUT2D eigenvalue weighted by Gasteiger charge is 2.40. The van der Waals surface area contributed by atoms with Crippen molar-refractivity contribution in [3.05, 3.63) is 22.3 Å². The fourth-order valence-electron chi connectivity index (χ4n) is 2.04. The lowest BCUT2D eigenvalue weighted by Crippen LogP contribution is -2.44. The summed E-state index contributed by atoms with van der Waals surface area (Å²) in [5.74, 6) is -1.89. The molecule has 0 amide bonds. The van der Waals surface area contributed by atoms with Gasteiger partial charge in [0, 0.05) is 18.8 Å². The van der Waals surface area contributed by atoms with Crippen molar-refractivity contribution in [2.45, 2.75) is 46.0 Å². The van der Waals surface area contributed by atoms with Crippen molar-refractivity contribution in [2.24, 2.45) is 0 Å². The lowest BCUT2D eigenvalue weighted by atomic mass is 9.87. The molecule has 0 fully saturated rings. The highest BCUT2D eigenvalue weighted by Crippen LogP contribution is 2.43. The lowest BCUT2D eigenvalue weighted by Gasteiger charge is -2.34. The number of aromatic hydroxyl groups is 1. The number of fused-ring (bicyclic) bond motifs is 1. The number of phenolic OH excluding ortho intramolecular Hbond substituents is 1. The standard InChI is InChI=1S/C14H18O4/c1-7-8(2)12-10(9(3)11(7)15)5-6-14(4,18-12)13(16)17/h15H,5-6H2,1-4H3,(H,16,17)/t14-/m1/s1/i4D3,6D2. The predicted molar refractivity (Wildman–Crippen MR) is 67.3 cm³/mol. The summed E-state index contributed by atoms with van der Waals surface area (Å²) < 4.78 is 44.2. The molecule has 1 aliphatic heterocycles. The Balaban J connectivity index is 2.85. The SMILES string of the molecule is [2H]C([2H])([2H])[C@@]1(C(=O)O)Oc2c(C)c(C)c(O)c(C)c2CC1([2H])[2H]. The summed E-state index contributed by atoms with van der Waals surface area (Å²) >= 11 is 0. The molecule has 0 radical (unpaired) electrons. The number of benzene rings is 1. The second kappa shape index (κ2) is 3.90. The Hall–Kier alpha value is -1.71. The smallest absolute Gasteiger partial charge is 0.347 e. The Morgan fingerprint density at radius 2 is 2.06 bits per heavy atom. The van der Waals surface area contributed by atoms with Gasteiger partial charge >= 0.3 is 5.97 Å². The predicted octanol–water partition coefficient (Wildman–Crippen LogP) is 2.49. The van der Waals surface area contributed by atoms with Crippen molar-refractivity contribution in [1.29, 1.82) is 0 Å². The van der Waals surface area contributed by atoms with Crippen LogP contribution in [0.5, 0.6) is 11.5 Å². The molecule has 0 bridgehead atoms. The van der Waals surface area contributed by atoms with Crippen molar-refractivity contribution >= 4 is 5.97 Å². The van der Waals surface area contributed by atoms with Crippen LogP contribution in [-0.4, -0.2) is 21.8 Å². The van der Waals surface area contributed by atoms with E-state index in [0.29, 0.717) is 16.7 Å². The van der Waals surface area contributed by atoms with Gasteiger partial charge < -0.3 is 14.9 Å². The average Bonchev–Trinajstić information content (AvgIpc) is 2.39. The van der Waals surface area contributed by atoms with Crippen molar-refractivity contribution in [2.75, 3.05) is 0 Å². The lowest BCUT2D eigenvalue weighted by molar-refractivity contribution is -0.155. The van der Waals surface area contributed by atoms with Gasteiger partial charge in [0.1, 0.15) is 11.5 Å². The summed E-state index contributed by atoms with van der Waals surface area (Å²) in [6, 6.07) is 0. The minimum atomic E-state index is -3.22. The van der Waals surface area contributed by atoms with Crippen molar-refractivity contribution < 1.29 is 26.6 Å². The number of hydrogen-bond acceptors (Lipinski definition) is 3. The molecule has 1 aliphatic rings. The molecule has 1 heterocycles. The van der Waals surface area contributed by atoms with E-state index < -0.39 is 31.2 Å². The zero-order chi connectivity index (χ0) is 18.0. The summed E-state index contributed by atoms with van der Waals surface area (Å²) in [7, 11) is 0. The molecule has 98 valence electrons. The van der Waals surface area contributed by atoms with Gasteiger partial charge in [-0.3, -0.25) is 0 Å². The Labute approximate surface area is 113 Å². The number of carboxylic acid groups (broad SMARTS) is 1. The fourth-order valence-corrected chi connectivity index (χ4v) is 2.04. The molecule has 0 spiro atoms. The minimum absolute atomic E-state index is 0.0199. The molecule has 4 nitrogen and oxygen atoms in total. The van der Waals surface area contributed by atoms with Gasteiger partial charge in [-0.2, -0.15) is 0 Å². The molecule has 0 saturated carbocycles. The molecular weight excluding hydrogens is 232 g/mol. The van der Waals surface area contributed by atoms with Crippen LogP contribution in [0.3, 0.4) is 0 Å². The van der Waals surface area contributed by atoms with Gasteiger partial charge in [0.05, 0.1) is 0 Å². The molecule has 0 saturated heterocycles. The highest BCUT2D eigenvalue weighted by molar-refractivity contribution is 5.78. The van der Waals surface area contributed by atoms with Gasteiger partial charge in [0.15, 0.2) is 0 Å². The third-order valence-electron chi connectivity index (χ3n) is 3.41. The molecule has 0 aromatic heterocycles. The topological polar surface area (TPSA) is 66.8 Å². The van der Waals surface area contributed by atoms with E-state index in [9.17, 15) is 15.0 Å². The van der Waals surface area contributed by atoms with Gasteiger partial charge in [-0.05, 0) is 50.7 Å². The highest BCUT2D eigenvalue weighted by atomic mass is 16.5. The monoisotopic (exact) mass is 255 g/mol. The zero-order valence-corrected chi connectivity index (χ0v) is 10.4. The summed E-state index contributed by atoms with van der Waals surface area (Å²) in [4.78, 5) is 11.7. The van der Waals surface area contributed by atoms with Crippen LogP contribution >= 0.6 is 0 Å². The van der Waals surface area contributed by atoms with Crippen molar-refractivity contribution in [3.8, 4) is 11.5 Å². The van der Waals surface area contributed by atoms with E-state index in [4.69, 9.17) is 11.6 Å². The number of aliphatic carboxylic acids is 1. The van der Waals surface area contributed by atoms with Crippen LogP contribution < -0.4 is 4.74 Å². The normalized spacial score (nSPS) is 29.8. The number of ether oxygens (including phenoxy) is 1. The van der Waals surface area contributed by atoms with Crippen LogP contribution in [0.2, 0.25) is 0 Å². The molecular formula is C14H18O4. The van der Waals surface area contributed by atoms with Gasteiger partial charge in [-0.1, -0.05) is 0 Å². The van der Waals surface area contributed by atoms with Crippen LogP contribution in [0.1, 0.15) is 42.3 Å². The van der Waals surface area contributed by atoms with Crippen LogP contribution in [0.4, 0.5) is 0 Å². The maximum atomic E-state index is 11.7. The Morgan fingerprint density at radius 1 is 1.39 bits per heavy atom. The number of rotatable bonds is 1. The van der Waals surface area contributed by atoms with Crippen LogP contribution in [0.25, 0.3) is 0 Å². The molecule has 1 aromatic rings. The van der Waals surface area contributed by atoms with E-state index in [-0.39, 0.29) is 17.1 Å². The van der Waals surface area contributed by atoms with E-state index in [2.05, 4.69) is 0 Å². The van der Waals surface area contributed by atoms with Gasteiger partial charge in [-0.15, -0.1) is 0 Å². The number of hydrogen-bond donors (Lipinski definition) is 2. The molecule has 0 unspecified atom stereocenters. The minimum Gasteiger partial charge on any atom is -0.507 e. The molecule has 2 N–H and O–H groups in total.